The van der Waals surface area contributed by atoms with Gasteiger partial charge in [-0.2, -0.15) is 5.10 Å². The van der Waals surface area contributed by atoms with Crippen molar-refractivity contribution in [1.82, 2.24) is 5.43 Å². The molecule has 6 heteroatoms. The van der Waals surface area contributed by atoms with Crippen LogP contribution in [0.4, 0.5) is 5.69 Å². The van der Waals surface area contributed by atoms with E-state index in [0.717, 1.165) is 11.3 Å². The average Bonchev–Trinajstić information content (AvgIpc) is 2.79. The summed E-state index contributed by atoms with van der Waals surface area (Å²) in [6.07, 6.45) is 1.55. The van der Waals surface area contributed by atoms with Crippen LogP contribution in [0.15, 0.2) is 77.9 Å². The second-order valence-electron chi connectivity index (χ2n) is 8.33. The van der Waals surface area contributed by atoms with Crippen LogP contribution in [0.25, 0.3) is 0 Å². The van der Waals surface area contributed by atoms with Crippen molar-refractivity contribution in [2.45, 2.75) is 26.2 Å². The summed E-state index contributed by atoms with van der Waals surface area (Å²) >= 11 is 0. The molecule has 0 bridgehead atoms. The molecule has 0 radical (unpaired) electrons. The van der Waals surface area contributed by atoms with E-state index in [4.69, 9.17) is 4.74 Å². The zero-order valence-electron chi connectivity index (χ0n) is 18.7. The van der Waals surface area contributed by atoms with E-state index in [1.54, 1.807) is 37.6 Å². The van der Waals surface area contributed by atoms with Crippen molar-refractivity contribution in [3.63, 3.8) is 0 Å². The summed E-state index contributed by atoms with van der Waals surface area (Å²) in [5.41, 5.74) is 6.14. The van der Waals surface area contributed by atoms with Crippen LogP contribution in [-0.2, 0) is 5.41 Å². The van der Waals surface area contributed by atoms with Gasteiger partial charge in [-0.05, 0) is 77.2 Å². The average molecular weight is 430 g/mol. The first-order valence-corrected chi connectivity index (χ1v) is 10.3. The van der Waals surface area contributed by atoms with Crippen molar-refractivity contribution in [3.8, 4) is 5.75 Å². The number of rotatable bonds is 6. The quantitative estimate of drug-likeness (QED) is 0.427. The predicted octanol–water partition coefficient (Wildman–Crippen LogP) is 5.01. The van der Waals surface area contributed by atoms with E-state index in [0.29, 0.717) is 16.8 Å². The topological polar surface area (TPSA) is 79.8 Å². The Morgan fingerprint density at radius 3 is 1.94 bits per heavy atom. The molecule has 0 aromatic heterocycles. The maximum Gasteiger partial charge on any atom is 0.271 e. The van der Waals surface area contributed by atoms with E-state index >= 15 is 0 Å². The fourth-order valence-corrected chi connectivity index (χ4v) is 2.95. The molecule has 0 aliphatic heterocycles. The number of carbonyl (C=O) groups is 2. The Labute approximate surface area is 188 Å². The molecule has 3 aromatic rings. The van der Waals surface area contributed by atoms with Crippen molar-refractivity contribution in [3.05, 3.63) is 95.1 Å². The highest BCUT2D eigenvalue weighted by atomic mass is 16.5. The summed E-state index contributed by atoms with van der Waals surface area (Å²) in [5.74, 6) is 0.206. The number of anilines is 1. The summed E-state index contributed by atoms with van der Waals surface area (Å²) in [6.45, 7) is 6.39. The molecule has 2 amide bonds. The van der Waals surface area contributed by atoms with Gasteiger partial charge in [0.15, 0.2) is 0 Å². The van der Waals surface area contributed by atoms with E-state index in [1.807, 2.05) is 48.5 Å². The number of nitrogens with zero attached hydrogens (tertiary/aromatic N) is 1. The summed E-state index contributed by atoms with van der Waals surface area (Å²) in [5, 5.41) is 6.82. The van der Waals surface area contributed by atoms with Crippen LogP contribution in [-0.4, -0.2) is 25.1 Å². The predicted molar refractivity (Wildman–Crippen MR) is 128 cm³/mol. The van der Waals surface area contributed by atoms with Gasteiger partial charge < -0.3 is 10.1 Å². The molecule has 2 N–H and O–H groups in total. The van der Waals surface area contributed by atoms with E-state index in [1.165, 1.54) is 5.56 Å². The molecule has 0 aliphatic carbocycles. The molecule has 32 heavy (non-hydrogen) atoms. The van der Waals surface area contributed by atoms with Crippen LogP contribution < -0.4 is 15.5 Å². The molecule has 164 valence electrons. The van der Waals surface area contributed by atoms with E-state index in [2.05, 4.69) is 36.6 Å². The van der Waals surface area contributed by atoms with Gasteiger partial charge >= 0.3 is 0 Å². The molecule has 0 saturated heterocycles. The minimum absolute atomic E-state index is 0.0318. The number of carbonyl (C=O) groups excluding carboxylic acids is 2. The molecule has 3 aromatic carbocycles. The van der Waals surface area contributed by atoms with Gasteiger partial charge in [0, 0.05) is 16.8 Å². The fraction of sp³-hybridized carbons (Fsp3) is 0.192. The number of hydrogen-bond acceptors (Lipinski definition) is 4. The molecular weight excluding hydrogens is 402 g/mol. The maximum absolute atomic E-state index is 12.5. The molecule has 0 spiro atoms. The first kappa shape index (κ1) is 22.7. The van der Waals surface area contributed by atoms with Crippen LogP contribution in [0, 0.1) is 0 Å². The van der Waals surface area contributed by atoms with Gasteiger partial charge in [-0.15, -0.1) is 0 Å². The zero-order valence-corrected chi connectivity index (χ0v) is 18.7. The third-order valence-corrected chi connectivity index (χ3v) is 4.91. The first-order valence-electron chi connectivity index (χ1n) is 10.3. The molecule has 0 aliphatic rings. The van der Waals surface area contributed by atoms with Crippen LogP contribution in [0.5, 0.6) is 5.75 Å². The van der Waals surface area contributed by atoms with Crippen LogP contribution in [0.2, 0.25) is 0 Å². The number of hydrogen-bond donors (Lipinski definition) is 2. The highest BCUT2D eigenvalue weighted by Crippen LogP contribution is 2.22. The van der Waals surface area contributed by atoms with Crippen molar-refractivity contribution in [2.24, 2.45) is 5.10 Å². The summed E-state index contributed by atoms with van der Waals surface area (Å²) in [4.78, 5) is 24.8. The molecule has 0 atom stereocenters. The minimum Gasteiger partial charge on any atom is -0.497 e. The number of ether oxygens (including phenoxy) is 1. The van der Waals surface area contributed by atoms with Crippen molar-refractivity contribution in [1.29, 1.82) is 0 Å². The third-order valence-electron chi connectivity index (χ3n) is 4.91. The zero-order chi connectivity index (χ0) is 23.1. The molecule has 3 rings (SSSR count). The number of nitrogens with one attached hydrogen (secondary N) is 2. The second-order valence-corrected chi connectivity index (χ2v) is 8.33. The largest absolute Gasteiger partial charge is 0.497 e. The van der Waals surface area contributed by atoms with Gasteiger partial charge in [-0.3, -0.25) is 9.59 Å². The van der Waals surface area contributed by atoms with E-state index < -0.39 is 0 Å². The Balaban J connectivity index is 1.56. The molecule has 0 saturated carbocycles. The highest BCUT2D eigenvalue weighted by Gasteiger charge is 2.14. The fourth-order valence-electron chi connectivity index (χ4n) is 2.95. The smallest absolute Gasteiger partial charge is 0.271 e. The number of amides is 2. The Hall–Kier alpha value is -3.93. The summed E-state index contributed by atoms with van der Waals surface area (Å²) < 4.78 is 5.10. The number of benzene rings is 3. The monoisotopic (exact) mass is 429 g/mol. The van der Waals surface area contributed by atoms with Crippen LogP contribution in [0.1, 0.15) is 52.6 Å². The lowest BCUT2D eigenvalue weighted by atomic mass is 9.87. The van der Waals surface area contributed by atoms with Crippen molar-refractivity contribution >= 4 is 23.7 Å². The van der Waals surface area contributed by atoms with E-state index in [9.17, 15) is 9.59 Å². The first-order chi connectivity index (χ1) is 15.3. The number of hydrazone groups is 1. The maximum atomic E-state index is 12.5. The Kier molecular flexibility index (Phi) is 7.05. The minimum atomic E-state index is -0.342. The van der Waals surface area contributed by atoms with Gasteiger partial charge in [0.25, 0.3) is 11.8 Å². The third kappa shape index (κ3) is 6.04. The lowest BCUT2D eigenvalue weighted by molar-refractivity contribution is 0.0954. The van der Waals surface area contributed by atoms with Crippen LogP contribution >= 0.6 is 0 Å². The molecule has 0 fully saturated rings. The normalized spacial score (nSPS) is 11.2. The van der Waals surface area contributed by atoms with Gasteiger partial charge in [-0.1, -0.05) is 32.9 Å². The van der Waals surface area contributed by atoms with Gasteiger partial charge in [0.1, 0.15) is 5.75 Å². The molecule has 0 heterocycles. The standard InChI is InChI=1S/C26H27N3O3/c1-26(2,3)21-11-7-19(8-12-21)24(30)28-22-13-9-20(10-14-22)25(31)29-27-17-18-5-15-23(32-4)16-6-18/h5-17H,1-4H3,(H,28,30)(H,29,31). The molecule has 6 nitrogen and oxygen atoms in total. The Bertz CT molecular complexity index is 1100. The second kappa shape index (κ2) is 9.92. The lowest BCUT2D eigenvalue weighted by Gasteiger charge is -2.19. The summed E-state index contributed by atoms with van der Waals surface area (Å²) in [6, 6.07) is 21.5. The van der Waals surface area contributed by atoms with Crippen molar-refractivity contribution < 1.29 is 14.3 Å². The van der Waals surface area contributed by atoms with Gasteiger partial charge in [0.2, 0.25) is 0 Å². The highest BCUT2D eigenvalue weighted by molar-refractivity contribution is 6.04. The molecule has 0 unspecified atom stereocenters. The molecular formula is C26H27N3O3. The Morgan fingerprint density at radius 1 is 0.812 bits per heavy atom. The lowest BCUT2D eigenvalue weighted by Crippen LogP contribution is -2.18. The van der Waals surface area contributed by atoms with E-state index in [-0.39, 0.29) is 17.2 Å². The summed E-state index contributed by atoms with van der Waals surface area (Å²) in [7, 11) is 1.60. The number of methoxy groups -OCH3 is 1. The van der Waals surface area contributed by atoms with Crippen molar-refractivity contribution in [2.75, 3.05) is 12.4 Å². The SMILES string of the molecule is COc1ccc(C=NNC(=O)c2ccc(NC(=O)c3ccc(C(C)(C)C)cc3)cc2)cc1. The van der Waals surface area contributed by atoms with Gasteiger partial charge in [0.05, 0.1) is 13.3 Å². The van der Waals surface area contributed by atoms with Crippen LogP contribution in [0.3, 0.4) is 0 Å². The Morgan fingerprint density at radius 2 is 1.38 bits per heavy atom. The van der Waals surface area contributed by atoms with Gasteiger partial charge in [-0.25, -0.2) is 5.43 Å².